The average molecular weight is 286 g/mol. The highest BCUT2D eigenvalue weighted by Gasteiger charge is 2.16. The lowest BCUT2D eigenvalue weighted by Crippen LogP contribution is -2.29. The van der Waals surface area contributed by atoms with E-state index in [0.29, 0.717) is 6.04 Å². The molecule has 0 aliphatic carbocycles. The van der Waals surface area contributed by atoms with E-state index in [2.05, 4.69) is 15.4 Å². The molecule has 0 radical (unpaired) electrons. The van der Waals surface area contributed by atoms with Crippen molar-refractivity contribution < 1.29 is 4.79 Å². The Labute approximate surface area is 122 Å². The van der Waals surface area contributed by atoms with E-state index >= 15 is 0 Å². The second-order valence-corrected chi connectivity index (χ2v) is 5.21. The van der Waals surface area contributed by atoms with Crippen LogP contribution in [0.5, 0.6) is 0 Å². The number of primary amides is 1. The molecule has 1 aliphatic rings. The van der Waals surface area contributed by atoms with E-state index in [0.717, 1.165) is 37.1 Å². The van der Waals surface area contributed by atoms with Gasteiger partial charge in [-0.1, -0.05) is 0 Å². The zero-order valence-corrected chi connectivity index (χ0v) is 11.6. The van der Waals surface area contributed by atoms with Gasteiger partial charge in [0.2, 0.25) is 0 Å². The molecular weight excluding hydrogens is 268 g/mol. The molecule has 0 atom stereocenters. The maximum atomic E-state index is 11.3. The van der Waals surface area contributed by atoms with Crippen molar-refractivity contribution in [2.24, 2.45) is 5.73 Å². The molecule has 1 saturated heterocycles. The van der Waals surface area contributed by atoms with Gasteiger partial charge in [-0.15, -0.1) is 0 Å². The number of aromatic nitrogens is 3. The average Bonchev–Trinajstić information content (AvgIpc) is 2.98. The molecule has 3 heterocycles. The lowest BCUT2D eigenvalue weighted by Gasteiger charge is -2.22. The molecular formula is C14H18N6O. The maximum Gasteiger partial charge on any atom is 0.252 e. The first-order chi connectivity index (χ1) is 10.1. The number of carbonyl (C=O) groups is 1. The Kier molecular flexibility index (Phi) is 3.57. The number of amides is 1. The molecule has 5 N–H and O–H groups in total. The van der Waals surface area contributed by atoms with E-state index in [4.69, 9.17) is 11.5 Å². The maximum absolute atomic E-state index is 11.3. The van der Waals surface area contributed by atoms with Gasteiger partial charge in [0.15, 0.2) is 0 Å². The summed E-state index contributed by atoms with van der Waals surface area (Å²) in [5.41, 5.74) is 12.9. The van der Waals surface area contributed by atoms with Crippen LogP contribution in [0, 0.1) is 0 Å². The van der Waals surface area contributed by atoms with Crippen LogP contribution in [0.1, 0.15) is 29.2 Å². The SMILES string of the molecule is NC(=O)c1cc(-c2cnn(C3CCNCC3)c2)cnc1N. The molecule has 1 fully saturated rings. The Morgan fingerprint density at radius 1 is 1.29 bits per heavy atom. The summed E-state index contributed by atoms with van der Waals surface area (Å²) in [6.45, 7) is 2.02. The summed E-state index contributed by atoms with van der Waals surface area (Å²) in [6, 6.07) is 2.08. The van der Waals surface area contributed by atoms with Crippen LogP contribution in [0.4, 0.5) is 5.82 Å². The van der Waals surface area contributed by atoms with Gasteiger partial charge in [-0.2, -0.15) is 5.10 Å². The van der Waals surface area contributed by atoms with Gasteiger partial charge in [0.1, 0.15) is 5.82 Å². The number of nitrogens with zero attached hydrogens (tertiary/aromatic N) is 3. The third-order valence-electron chi connectivity index (χ3n) is 3.80. The summed E-state index contributed by atoms with van der Waals surface area (Å²) in [7, 11) is 0. The molecule has 1 amide bonds. The Balaban J connectivity index is 1.89. The fourth-order valence-electron chi connectivity index (χ4n) is 2.59. The number of nitrogens with one attached hydrogen (secondary N) is 1. The van der Waals surface area contributed by atoms with Crippen LogP contribution in [0.25, 0.3) is 11.1 Å². The summed E-state index contributed by atoms with van der Waals surface area (Å²) >= 11 is 0. The molecule has 0 unspecified atom stereocenters. The zero-order chi connectivity index (χ0) is 14.8. The molecule has 0 saturated carbocycles. The fourth-order valence-corrected chi connectivity index (χ4v) is 2.59. The third-order valence-corrected chi connectivity index (χ3v) is 3.80. The number of rotatable bonds is 3. The highest BCUT2D eigenvalue weighted by molar-refractivity contribution is 5.98. The number of piperidine rings is 1. The van der Waals surface area contributed by atoms with Gasteiger partial charge < -0.3 is 16.8 Å². The summed E-state index contributed by atoms with van der Waals surface area (Å²) < 4.78 is 1.98. The first-order valence-electron chi connectivity index (χ1n) is 6.95. The lowest BCUT2D eigenvalue weighted by atomic mass is 10.1. The number of pyridine rings is 1. The number of nitrogen functional groups attached to an aromatic ring is 1. The summed E-state index contributed by atoms with van der Waals surface area (Å²) in [5.74, 6) is -0.426. The molecule has 21 heavy (non-hydrogen) atoms. The van der Waals surface area contributed by atoms with Crippen molar-refractivity contribution in [2.45, 2.75) is 18.9 Å². The molecule has 1 aliphatic heterocycles. The summed E-state index contributed by atoms with van der Waals surface area (Å²) in [4.78, 5) is 15.4. The number of hydrogen-bond acceptors (Lipinski definition) is 5. The highest BCUT2D eigenvalue weighted by atomic mass is 16.1. The number of carbonyl (C=O) groups excluding carboxylic acids is 1. The Morgan fingerprint density at radius 3 is 2.76 bits per heavy atom. The second kappa shape index (κ2) is 5.53. The van der Waals surface area contributed by atoms with Crippen LogP contribution in [0.15, 0.2) is 24.7 Å². The van der Waals surface area contributed by atoms with Crippen LogP contribution >= 0.6 is 0 Å². The van der Waals surface area contributed by atoms with Crippen molar-refractivity contribution >= 4 is 11.7 Å². The third kappa shape index (κ3) is 2.73. The van der Waals surface area contributed by atoms with E-state index < -0.39 is 5.91 Å². The fraction of sp³-hybridized carbons (Fsp3) is 0.357. The Hall–Kier alpha value is -2.41. The monoisotopic (exact) mass is 286 g/mol. The van der Waals surface area contributed by atoms with Crippen molar-refractivity contribution in [2.75, 3.05) is 18.8 Å². The quantitative estimate of drug-likeness (QED) is 0.763. The standard InChI is InChI=1S/C14H18N6O/c15-13-12(14(16)21)5-9(6-18-13)10-7-19-20(8-10)11-1-3-17-4-2-11/h5-8,11,17H,1-4H2,(H2,15,18)(H2,16,21). The highest BCUT2D eigenvalue weighted by Crippen LogP contribution is 2.24. The minimum absolute atomic E-state index is 0.150. The first kappa shape index (κ1) is 13.6. The first-order valence-corrected chi connectivity index (χ1v) is 6.95. The van der Waals surface area contributed by atoms with Crippen molar-refractivity contribution in [3.8, 4) is 11.1 Å². The number of hydrogen-bond donors (Lipinski definition) is 3. The molecule has 2 aromatic heterocycles. The van der Waals surface area contributed by atoms with Gasteiger partial charge >= 0.3 is 0 Å². The van der Waals surface area contributed by atoms with Crippen LogP contribution < -0.4 is 16.8 Å². The molecule has 7 nitrogen and oxygen atoms in total. The molecule has 110 valence electrons. The van der Waals surface area contributed by atoms with Gasteiger partial charge in [0.05, 0.1) is 17.8 Å². The minimum Gasteiger partial charge on any atom is -0.383 e. The van der Waals surface area contributed by atoms with E-state index in [1.807, 2.05) is 10.9 Å². The topological polar surface area (TPSA) is 112 Å². The van der Waals surface area contributed by atoms with Crippen molar-refractivity contribution in [3.05, 3.63) is 30.2 Å². The van der Waals surface area contributed by atoms with Crippen LogP contribution in [-0.4, -0.2) is 33.8 Å². The van der Waals surface area contributed by atoms with Gasteiger partial charge in [-0.05, 0) is 32.0 Å². The molecule has 7 heteroatoms. The van der Waals surface area contributed by atoms with Gasteiger partial charge in [0.25, 0.3) is 5.91 Å². The van der Waals surface area contributed by atoms with Gasteiger partial charge in [-0.3, -0.25) is 9.48 Å². The van der Waals surface area contributed by atoms with Crippen LogP contribution in [0.2, 0.25) is 0 Å². The molecule has 3 rings (SSSR count). The van der Waals surface area contributed by atoms with Crippen molar-refractivity contribution in [3.63, 3.8) is 0 Å². The number of anilines is 1. The van der Waals surface area contributed by atoms with Gasteiger partial charge in [-0.25, -0.2) is 4.98 Å². The van der Waals surface area contributed by atoms with Crippen molar-refractivity contribution in [1.82, 2.24) is 20.1 Å². The molecule has 2 aromatic rings. The smallest absolute Gasteiger partial charge is 0.252 e. The predicted octanol–water partition coefficient (Wildman–Crippen LogP) is 0.551. The summed E-state index contributed by atoms with van der Waals surface area (Å²) in [5, 5.41) is 7.76. The lowest BCUT2D eigenvalue weighted by molar-refractivity contribution is 0.100. The number of nitrogens with two attached hydrogens (primary N) is 2. The molecule has 0 spiro atoms. The second-order valence-electron chi connectivity index (χ2n) is 5.21. The van der Waals surface area contributed by atoms with E-state index in [-0.39, 0.29) is 11.4 Å². The van der Waals surface area contributed by atoms with Crippen LogP contribution in [-0.2, 0) is 0 Å². The normalized spacial score (nSPS) is 16.0. The Bertz CT molecular complexity index is 659. The predicted molar refractivity (Wildman–Crippen MR) is 79.5 cm³/mol. The largest absolute Gasteiger partial charge is 0.383 e. The minimum atomic E-state index is -0.576. The van der Waals surface area contributed by atoms with Crippen LogP contribution in [0.3, 0.4) is 0 Å². The molecule has 0 aromatic carbocycles. The van der Waals surface area contributed by atoms with E-state index in [1.54, 1.807) is 18.5 Å². The Morgan fingerprint density at radius 2 is 2.05 bits per heavy atom. The van der Waals surface area contributed by atoms with E-state index in [9.17, 15) is 4.79 Å². The zero-order valence-electron chi connectivity index (χ0n) is 11.6. The van der Waals surface area contributed by atoms with Gasteiger partial charge in [0, 0.05) is 23.5 Å². The van der Waals surface area contributed by atoms with Crippen molar-refractivity contribution in [1.29, 1.82) is 0 Å². The van der Waals surface area contributed by atoms with E-state index in [1.165, 1.54) is 0 Å². The molecule has 0 bridgehead atoms. The summed E-state index contributed by atoms with van der Waals surface area (Å²) in [6.07, 6.45) is 7.51.